The van der Waals surface area contributed by atoms with Gasteiger partial charge in [-0.2, -0.15) is 0 Å². The first-order valence-corrected chi connectivity index (χ1v) is 5.96. The first-order valence-electron chi connectivity index (χ1n) is 5.96. The summed E-state index contributed by atoms with van der Waals surface area (Å²) in [6, 6.07) is 1.31. The average molecular weight is 250 g/mol. The molecular weight excluding hydrogens is 236 g/mol. The molecule has 1 saturated heterocycles. The van der Waals surface area contributed by atoms with Crippen LogP contribution in [0.1, 0.15) is 23.8 Å². The molecule has 0 aliphatic carbocycles. The van der Waals surface area contributed by atoms with Gasteiger partial charge in [0.1, 0.15) is 0 Å². The molecule has 6 heteroatoms. The number of hydrogen-bond acceptors (Lipinski definition) is 4. The van der Waals surface area contributed by atoms with Crippen molar-refractivity contribution in [2.24, 2.45) is 0 Å². The van der Waals surface area contributed by atoms with Crippen LogP contribution in [0.4, 0.5) is 0 Å². The molecule has 18 heavy (non-hydrogen) atoms. The fraction of sp³-hybridized carbons (Fsp3) is 0.500. The van der Waals surface area contributed by atoms with Crippen LogP contribution in [-0.2, 0) is 11.3 Å². The molecule has 1 aromatic heterocycles. The van der Waals surface area contributed by atoms with Crippen molar-refractivity contribution >= 4 is 5.91 Å². The molecule has 1 amide bonds. The van der Waals surface area contributed by atoms with E-state index in [4.69, 9.17) is 4.74 Å². The zero-order valence-corrected chi connectivity index (χ0v) is 10.00. The molecule has 2 atom stereocenters. The third-order valence-corrected chi connectivity index (χ3v) is 3.57. The fourth-order valence-electron chi connectivity index (χ4n) is 2.58. The van der Waals surface area contributed by atoms with E-state index >= 15 is 0 Å². The molecule has 0 aromatic carbocycles. The van der Waals surface area contributed by atoms with Crippen LogP contribution in [0.3, 0.4) is 0 Å². The molecule has 6 nitrogen and oxygen atoms in total. The fourth-order valence-corrected chi connectivity index (χ4v) is 2.58. The monoisotopic (exact) mass is 250 g/mol. The van der Waals surface area contributed by atoms with Crippen molar-refractivity contribution < 1.29 is 14.6 Å². The summed E-state index contributed by atoms with van der Waals surface area (Å²) in [6.07, 6.45) is 1.98. The standard InChI is InChI=1S/C12H14N2O4/c1-7-3-5-18-9-6-13-4-2-8(15)11(16)10(13)12(17)14(7)9/h2,4,7,9,16H,3,5-6H2,1H3/t7-,9+/m0/s1. The van der Waals surface area contributed by atoms with E-state index < -0.39 is 11.2 Å². The van der Waals surface area contributed by atoms with E-state index in [0.717, 1.165) is 6.42 Å². The largest absolute Gasteiger partial charge is 0.503 e. The summed E-state index contributed by atoms with van der Waals surface area (Å²) < 4.78 is 7.16. The summed E-state index contributed by atoms with van der Waals surface area (Å²) in [5.74, 6) is -0.813. The van der Waals surface area contributed by atoms with Gasteiger partial charge in [0.15, 0.2) is 17.7 Å². The Morgan fingerprint density at radius 1 is 1.44 bits per heavy atom. The predicted molar refractivity (Wildman–Crippen MR) is 62.4 cm³/mol. The molecule has 0 radical (unpaired) electrons. The molecule has 1 N–H and O–H groups in total. The van der Waals surface area contributed by atoms with Crippen LogP contribution < -0.4 is 5.43 Å². The zero-order valence-electron chi connectivity index (χ0n) is 10.00. The van der Waals surface area contributed by atoms with Gasteiger partial charge in [-0.1, -0.05) is 0 Å². The van der Waals surface area contributed by atoms with Gasteiger partial charge in [0.2, 0.25) is 5.43 Å². The second-order valence-electron chi connectivity index (χ2n) is 4.71. The van der Waals surface area contributed by atoms with Gasteiger partial charge in [-0.05, 0) is 13.3 Å². The molecule has 2 aliphatic heterocycles. The van der Waals surface area contributed by atoms with Crippen molar-refractivity contribution in [1.29, 1.82) is 0 Å². The third kappa shape index (κ3) is 1.45. The van der Waals surface area contributed by atoms with E-state index in [-0.39, 0.29) is 23.9 Å². The number of carbonyl (C=O) groups excluding carboxylic acids is 1. The zero-order chi connectivity index (χ0) is 12.9. The van der Waals surface area contributed by atoms with Crippen molar-refractivity contribution in [2.75, 3.05) is 6.61 Å². The number of fused-ring (bicyclic) bond motifs is 2. The molecule has 96 valence electrons. The van der Waals surface area contributed by atoms with E-state index in [9.17, 15) is 14.7 Å². The summed E-state index contributed by atoms with van der Waals surface area (Å²) in [7, 11) is 0. The van der Waals surface area contributed by atoms with Crippen LogP contribution in [0.25, 0.3) is 0 Å². The van der Waals surface area contributed by atoms with E-state index in [2.05, 4.69) is 0 Å². The van der Waals surface area contributed by atoms with Crippen LogP contribution >= 0.6 is 0 Å². The second kappa shape index (κ2) is 3.84. The van der Waals surface area contributed by atoms with Crippen LogP contribution in [0.15, 0.2) is 17.1 Å². The number of pyridine rings is 1. The molecule has 0 bridgehead atoms. The summed E-state index contributed by atoms with van der Waals surface area (Å²) in [5, 5.41) is 9.77. The first kappa shape index (κ1) is 11.3. The number of hydrogen-bond donors (Lipinski definition) is 1. The Bertz CT molecular complexity index is 566. The summed E-state index contributed by atoms with van der Waals surface area (Å²) in [6.45, 7) is 3.01. The highest BCUT2D eigenvalue weighted by Crippen LogP contribution is 2.28. The molecule has 1 fully saturated rings. The van der Waals surface area contributed by atoms with Crippen LogP contribution in [0.5, 0.6) is 5.75 Å². The van der Waals surface area contributed by atoms with Gasteiger partial charge >= 0.3 is 0 Å². The highest BCUT2D eigenvalue weighted by molar-refractivity contribution is 5.96. The number of amides is 1. The van der Waals surface area contributed by atoms with Gasteiger partial charge in [-0.15, -0.1) is 0 Å². The van der Waals surface area contributed by atoms with Crippen molar-refractivity contribution in [2.45, 2.75) is 32.2 Å². The lowest BCUT2D eigenvalue weighted by Crippen LogP contribution is -2.56. The Morgan fingerprint density at radius 3 is 3.00 bits per heavy atom. The highest BCUT2D eigenvalue weighted by Gasteiger charge is 2.39. The second-order valence-corrected chi connectivity index (χ2v) is 4.71. The number of aromatic nitrogens is 1. The maximum absolute atomic E-state index is 12.4. The quantitative estimate of drug-likeness (QED) is 0.711. The Kier molecular flexibility index (Phi) is 2.41. The molecule has 3 heterocycles. The van der Waals surface area contributed by atoms with Crippen molar-refractivity contribution in [3.05, 3.63) is 28.2 Å². The maximum atomic E-state index is 12.4. The third-order valence-electron chi connectivity index (χ3n) is 3.57. The maximum Gasteiger partial charge on any atom is 0.276 e. The molecule has 0 spiro atoms. The number of aromatic hydroxyl groups is 1. The van der Waals surface area contributed by atoms with Gasteiger partial charge in [0, 0.05) is 18.3 Å². The Hall–Kier alpha value is -1.82. The number of nitrogens with zero attached hydrogens (tertiary/aromatic N) is 2. The molecule has 3 rings (SSSR count). The Labute approximate surface area is 103 Å². The highest BCUT2D eigenvalue weighted by atomic mass is 16.5. The Morgan fingerprint density at radius 2 is 2.22 bits per heavy atom. The smallest absolute Gasteiger partial charge is 0.276 e. The lowest BCUT2D eigenvalue weighted by atomic mass is 10.1. The number of ether oxygens (including phenoxy) is 1. The molecular formula is C12H14N2O4. The topological polar surface area (TPSA) is 71.8 Å². The first-order chi connectivity index (χ1) is 8.59. The van der Waals surface area contributed by atoms with Crippen LogP contribution in [-0.4, -0.2) is 39.4 Å². The summed E-state index contributed by atoms with van der Waals surface area (Å²) >= 11 is 0. The average Bonchev–Trinajstić information content (AvgIpc) is 2.34. The minimum atomic E-state index is -0.529. The van der Waals surface area contributed by atoms with E-state index in [1.54, 1.807) is 9.47 Å². The lowest BCUT2D eigenvalue weighted by Gasteiger charge is -2.44. The van der Waals surface area contributed by atoms with Crippen molar-refractivity contribution in [3.63, 3.8) is 0 Å². The summed E-state index contributed by atoms with van der Waals surface area (Å²) in [4.78, 5) is 25.4. The van der Waals surface area contributed by atoms with Gasteiger partial charge in [0.25, 0.3) is 5.91 Å². The molecule has 1 aromatic rings. The molecule has 2 aliphatic rings. The number of carbonyl (C=O) groups is 1. The van der Waals surface area contributed by atoms with Gasteiger partial charge in [-0.25, -0.2) is 0 Å². The summed E-state index contributed by atoms with van der Waals surface area (Å²) in [5.41, 5.74) is -0.463. The number of rotatable bonds is 0. The van der Waals surface area contributed by atoms with Crippen molar-refractivity contribution in [3.8, 4) is 5.75 Å². The van der Waals surface area contributed by atoms with Gasteiger partial charge in [-0.3, -0.25) is 9.59 Å². The van der Waals surface area contributed by atoms with E-state index in [1.807, 2.05) is 6.92 Å². The molecule has 0 saturated carbocycles. The Balaban J connectivity index is 2.13. The van der Waals surface area contributed by atoms with E-state index in [1.165, 1.54) is 12.3 Å². The van der Waals surface area contributed by atoms with Gasteiger partial charge in [0.05, 0.1) is 13.2 Å². The van der Waals surface area contributed by atoms with Crippen LogP contribution in [0.2, 0.25) is 0 Å². The van der Waals surface area contributed by atoms with E-state index in [0.29, 0.717) is 13.2 Å². The lowest BCUT2D eigenvalue weighted by molar-refractivity contribution is -0.112. The normalized spacial score (nSPS) is 26.7. The van der Waals surface area contributed by atoms with Crippen molar-refractivity contribution in [1.82, 2.24) is 9.47 Å². The van der Waals surface area contributed by atoms with Crippen LogP contribution in [0, 0.1) is 0 Å². The minimum Gasteiger partial charge on any atom is -0.503 e. The minimum absolute atomic E-state index is 0.0553. The molecule has 0 unspecified atom stereocenters. The van der Waals surface area contributed by atoms with Gasteiger partial charge < -0.3 is 19.3 Å². The SMILES string of the molecule is C[C@H]1CCO[C@@H]2Cn3ccc(=O)c(O)c3C(=O)N12. The predicted octanol–water partition coefficient (Wildman–Crippen LogP) is 0.145.